The van der Waals surface area contributed by atoms with E-state index in [9.17, 15) is 10.1 Å². The Morgan fingerprint density at radius 2 is 2.05 bits per heavy atom. The Labute approximate surface area is 118 Å². The number of nitrogens with two attached hydrogens (primary N) is 1. The van der Waals surface area contributed by atoms with Gasteiger partial charge in [0.05, 0.1) is 17.6 Å². The van der Waals surface area contributed by atoms with E-state index in [1.807, 2.05) is 19.1 Å². The summed E-state index contributed by atoms with van der Waals surface area (Å²) in [6.07, 6.45) is 0.0456. The maximum Gasteiger partial charge on any atom is 0.269 e. The lowest BCUT2D eigenvalue weighted by molar-refractivity contribution is -0.384. The van der Waals surface area contributed by atoms with E-state index in [4.69, 9.17) is 10.5 Å². The van der Waals surface area contributed by atoms with Crippen LogP contribution in [0, 0.1) is 10.1 Å². The van der Waals surface area contributed by atoms with Crippen LogP contribution in [-0.2, 0) is 4.74 Å². The van der Waals surface area contributed by atoms with Crippen LogP contribution in [0.5, 0.6) is 0 Å². The van der Waals surface area contributed by atoms with Crippen LogP contribution >= 0.6 is 0 Å². The van der Waals surface area contributed by atoms with E-state index < -0.39 is 0 Å². The Bertz CT molecular complexity index is 461. The molecule has 3 atom stereocenters. The van der Waals surface area contributed by atoms with Crippen LogP contribution in [0.15, 0.2) is 24.3 Å². The molecule has 1 aliphatic rings. The second-order valence-corrected chi connectivity index (χ2v) is 5.29. The predicted octanol–water partition coefficient (Wildman–Crippen LogP) is 1.70. The van der Waals surface area contributed by atoms with Crippen LogP contribution in [0.25, 0.3) is 0 Å². The Kier molecular flexibility index (Phi) is 4.69. The molecule has 3 unspecified atom stereocenters. The standard InChI is InChI=1S/C14H21N3O3/c1-10(15)14-9-16(7-8-20-14)11(2)12-3-5-13(6-4-12)17(18)19/h3-6,10-11,14H,7-9,15H2,1-2H3. The molecule has 0 amide bonds. The highest BCUT2D eigenvalue weighted by molar-refractivity contribution is 5.34. The van der Waals surface area contributed by atoms with E-state index in [1.165, 1.54) is 0 Å². The molecule has 0 saturated carbocycles. The third-order valence-electron chi connectivity index (χ3n) is 3.85. The van der Waals surface area contributed by atoms with Gasteiger partial charge >= 0.3 is 0 Å². The van der Waals surface area contributed by atoms with Crippen molar-refractivity contribution < 1.29 is 9.66 Å². The summed E-state index contributed by atoms with van der Waals surface area (Å²) in [4.78, 5) is 12.6. The minimum atomic E-state index is -0.380. The van der Waals surface area contributed by atoms with Crippen molar-refractivity contribution in [3.05, 3.63) is 39.9 Å². The number of morpholine rings is 1. The zero-order valence-corrected chi connectivity index (χ0v) is 11.9. The first-order valence-electron chi connectivity index (χ1n) is 6.84. The molecule has 1 fully saturated rings. The fourth-order valence-corrected chi connectivity index (χ4v) is 2.45. The molecule has 6 nitrogen and oxygen atoms in total. The van der Waals surface area contributed by atoms with Gasteiger partial charge in [-0.3, -0.25) is 15.0 Å². The quantitative estimate of drug-likeness (QED) is 0.670. The fourth-order valence-electron chi connectivity index (χ4n) is 2.45. The van der Waals surface area contributed by atoms with Crippen molar-refractivity contribution in [2.75, 3.05) is 19.7 Å². The fraction of sp³-hybridized carbons (Fsp3) is 0.571. The van der Waals surface area contributed by atoms with Crippen LogP contribution in [0.2, 0.25) is 0 Å². The SMILES string of the molecule is CC(N)C1CN(C(C)c2ccc([N+](=O)[O-])cc2)CCO1. The molecule has 110 valence electrons. The van der Waals surface area contributed by atoms with E-state index >= 15 is 0 Å². The number of nitrogens with zero attached hydrogens (tertiary/aromatic N) is 2. The summed E-state index contributed by atoms with van der Waals surface area (Å²) in [5, 5.41) is 10.7. The molecule has 1 heterocycles. The monoisotopic (exact) mass is 279 g/mol. The molecule has 1 aliphatic heterocycles. The first-order chi connectivity index (χ1) is 9.49. The zero-order chi connectivity index (χ0) is 14.7. The van der Waals surface area contributed by atoms with E-state index in [-0.39, 0.29) is 28.8 Å². The van der Waals surface area contributed by atoms with Crippen molar-refractivity contribution in [1.29, 1.82) is 0 Å². The molecule has 0 spiro atoms. The van der Waals surface area contributed by atoms with Gasteiger partial charge in [0.15, 0.2) is 0 Å². The van der Waals surface area contributed by atoms with Crippen molar-refractivity contribution in [2.45, 2.75) is 32.0 Å². The molecular weight excluding hydrogens is 258 g/mol. The predicted molar refractivity (Wildman–Crippen MR) is 76.5 cm³/mol. The molecule has 20 heavy (non-hydrogen) atoms. The molecule has 1 saturated heterocycles. The first kappa shape index (κ1) is 14.9. The average molecular weight is 279 g/mol. The molecule has 2 N–H and O–H groups in total. The van der Waals surface area contributed by atoms with Crippen LogP contribution in [0.1, 0.15) is 25.5 Å². The summed E-state index contributed by atoms with van der Waals surface area (Å²) in [7, 11) is 0. The van der Waals surface area contributed by atoms with Gasteiger partial charge in [0.25, 0.3) is 5.69 Å². The second kappa shape index (κ2) is 6.30. The molecule has 1 aromatic carbocycles. The summed E-state index contributed by atoms with van der Waals surface area (Å²) in [5.74, 6) is 0. The Morgan fingerprint density at radius 3 is 2.60 bits per heavy atom. The second-order valence-electron chi connectivity index (χ2n) is 5.29. The van der Waals surface area contributed by atoms with Gasteiger partial charge in [-0.05, 0) is 19.4 Å². The molecule has 2 rings (SSSR count). The minimum absolute atomic E-state index is 0.00172. The summed E-state index contributed by atoms with van der Waals surface area (Å²) in [6.45, 7) is 6.36. The maximum atomic E-state index is 10.7. The number of hydrogen-bond acceptors (Lipinski definition) is 5. The summed E-state index contributed by atoms with van der Waals surface area (Å²) in [6, 6.07) is 6.94. The summed E-state index contributed by atoms with van der Waals surface area (Å²) < 4.78 is 5.65. The Hall–Kier alpha value is -1.50. The van der Waals surface area contributed by atoms with Crippen molar-refractivity contribution in [3.8, 4) is 0 Å². The van der Waals surface area contributed by atoms with E-state index in [0.717, 1.165) is 18.7 Å². The van der Waals surface area contributed by atoms with Crippen LogP contribution in [-0.4, -0.2) is 41.7 Å². The molecular formula is C14H21N3O3. The molecule has 6 heteroatoms. The highest BCUT2D eigenvalue weighted by atomic mass is 16.6. The lowest BCUT2D eigenvalue weighted by atomic mass is 10.0. The van der Waals surface area contributed by atoms with Gasteiger partial charge in [-0.25, -0.2) is 0 Å². The molecule has 0 aliphatic carbocycles. The van der Waals surface area contributed by atoms with Gasteiger partial charge in [-0.2, -0.15) is 0 Å². The number of nitro benzene ring substituents is 1. The maximum absolute atomic E-state index is 10.7. The summed E-state index contributed by atoms with van der Waals surface area (Å²) >= 11 is 0. The molecule has 1 aromatic rings. The number of ether oxygens (including phenoxy) is 1. The van der Waals surface area contributed by atoms with Gasteiger partial charge in [0.1, 0.15) is 0 Å². The topological polar surface area (TPSA) is 81.6 Å². The van der Waals surface area contributed by atoms with E-state index in [1.54, 1.807) is 12.1 Å². The van der Waals surface area contributed by atoms with Gasteiger partial charge in [0, 0.05) is 37.3 Å². The number of non-ortho nitro benzene ring substituents is 1. The third-order valence-corrected chi connectivity index (χ3v) is 3.85. The lowest BCUT2D eigenvalue weighted by Crippen LogP contribution is -2.50. The van der Waals surface area contributed by atoms with Gasteiger partial charge in [-0.1, -0.05) is 12.1 Å². The smallest absolute Gasteiger partial charge is 0.269 e. The summed E-state index contributed by atoms with van der Waals surface area (Å²) in [5.41, 5.74) is 7.09. The van der Waals surface area contributed by atoms with Crippen LogP contribution in [0.4, 0.5) is 5.69 Å². The number of nitro groups is 1. The molecule has 0 radical (unpaired) electrons. The number of rotatable bonds is 4. The number of hydrogen-bond donors (Lipinski definition) is 1. The number of benzene rings is 1. The Morgan fingerprint density at radius 1 is 1.40 bits per heavy atom. The lowest BCUT2D eigenvalue weighted by Gasteiger charge is -2.38. The Balaban J connectivity index is 2.06. The van der Waals surface area contributed by atoms with Gasteiger partial charge in [0.2, 0.25) is 0 Å². The zero-order valence-electron chi connectivity index (χ0n) is 11.9. The minimum Gasteiger partial charge on any atom is -0.374 e. The molecule has 0 bridgehead atoms. The normalized spacial score (nSPS) is 23.2. The van der Waals surface area contributed by atoms with Crippen LogP contribution in [0.3, 0.4) is 0 Å². The van der Waals surface area contributed by atoms with Crippen LogP contribution < -0.4 is 5.73 Å². The van der Waals surface area contributed by atoms with Gasteiger partial charge < -0.3 is 10.5 Å². The van der Waals surface area contributed by atoms with Crippen molar-refractivity contribution in [1.82, 2.24) is 4.90 Å². The van der Waals surface area contributed by atoms with Crippen molar-refractivity contribution in [3.63, 3.8) is 0 Å². The van der Waals surface area contributed by atoms with Gasteiger partial charge in [-0.15, -0.1) is 0 Å². The van der Waals surface area contributed by atoms with Crippen molar-refractivity contribution in [2.24, 2.45) is 5.73 Å². The molecule has 0 aromatic heterocycles. The average Bonchev–Trinajstić information content (AvgIpc) is 2.46. The largest absolute Gasteiger partial charge is 0.374 e. The third kappa shape index (κ3) is 3.33. The first-order valence-corrected chi connectivity index (χ1v) is 6.84. The van der Waals surface area contributed by atoms with E-state index in [0.29, 0.717) is 6.61 Å². The van der Waals surface area contributed by atoms with Crippen molar-refractivity contribution >= 4 is 5.69 Å². The highest BCUT2D eigenvalue weighted by Crippen LogP contribution is 2.24. The highest BCUT2D eigenvalue weighted by Gasteiger charge is 2.27. The van der Waals surface area contributed by atoms with E-state index in [2.05, 4.69) is 11.8 Å².